The standard InChI is InChI=1S/C26H17Cl2N3O/c27-24-20-15-18(11-12-21(20)31-25(28)23(24)17-7-2-1-3-8-17)26(32,19-9-6-13-29-16-19)22-10-4-5-14-30-22/h1-16,32H. The molecule has 5 aromatic rings. The Balaban J connectivity index is 1.78. The molecule has 6 heteroatoms. The van der Waals surface area contributed by atoms with Crippen molar-refractivity contribution in [2.45, 2.75) is 5.60 Å². The van der Waals surface area contributed by atoms with E-state index in [1.54, 1.807) is 30.7 Å². The molecule has 0 aliphatic carbocycles. The summed E-state index contributed by atoms with van der Waals surface area (Å²) < 4.78 is 0. The Morgan fingerprint density at radius 3 is 2.31 bits per heavy atom. The lowest BCUT2D eigenvalue weighted by molar-refractivity contribution is 0.120. The van der Waals surface area contributed by atoms with Crippen molar-refractivity contribution < 1.29 is 5.11 Å². The van der Waals surface area contributed by atoms with Gasteiger partial charge in [-0.25, -0.2) is 4.98 Å². The minimum absolute atomic E-state index is 0.327. The highest BCUT2D eigenvalue weighted by atomic mass is 35.5. The minimum atomic E-state index is -1.53. The second kappa shape index (κ2) is 8.32. The zero-order chi connectivity index (χ0) is 22.1. The van der Waals surface area contributed by atoms with E-state index in [2.05, 4.69) is 15.0 Å². The molecule has 1 atom stereocenters. The van der Waals surface area contributed by atoms with Crippen LogP contribution in [-0.2, 0) is 5.60 Å². The third-order valence-corrected chi connectivity index (χ3v) is 6.14. The molecule has 1 N–H and O–H groups in total. The van der Waals surface area contributed by atoms with Crippen molar-refractivity contribution in [1.29, 1.82) is 0 Å². The van der Waals surface area contributed by atoms with E-state index in [-0.39, 0.29) is 0 Å². The largest absolute Gasteiger partial charge is 0.374 e. The van der Waals surface area contributed by atoms with Gasteiger partial charge in [-0.3, -0.25) is 9.97 Å². The molecule has 32 heavy (non-hydrogen) atoms. The van der Waals surface area contributed by atoms with Gasteiger partial charge in [0.25, 0.3) is 0 Å². The van der Waals surface area contributed by atoms with Gasteiger partial charge in [0.05, 0.1) is 16.2 Å². The molecule has 0 aliphatic rings. The Kier molecular flexibility index (Phi) is 5.35. The first-order chi connectivity index (χ1) is 15.6. The first-order valence-corrected chi connectivity index (χ1v) is 10.7. The summed E-state index contributed by atoms with van der Waals surface area (Å²) in [6.45, 7) is 0. The Morgan fingerprint density at radius 1 is 0.781 bits per heavy atom. The monoisotopic (exact) mass is 457 g/mol. The van der Waals surface area contributed by atoms with Crippen LogP contribution in [0.1, 0.15) is 16.8 Å². The molecule has 3 heterocycles. The fraction of sp³-hybridized carbons (Fsp3) is 0.0385. The molecule has 1 unspecified atom stereocenters. The highest BCUT2D eigenvalue weighted by Crippen LogP contribution is 2.41. The van der Waals surface area contributed by atoms with Gasteiger partial charge in [-0.05, 0) is 41.5 Å². The summed E-state index contributed by atoms with van der Waals surface area (Å²) in [6, 6.07) is 24.1. The summed E-state index contributed by atoms with van der Waals surface area (Å²) in [5.41, 5.74) is 2.31. The molecule has 5 rings (SSSR count). The van der Waals surface area contributed by atoms with E-state index in [9.17, 15) is 5.11 Å². The predicted octanol–water partition coefficient (Wildman–Crippen LogP) is 6.28. The average molecular weight is 458 g/mol. The van der Waals surface area contributed by atoms with Gasteiger partial charge in [-0.15, -0.1) is 0 Å². The molecule has 0 amide bonds. The van der Waals surface area contributed by atoms with Gasteiger partial charge in [0, 0.05) is 35.1 Å². The van der Waals surface area contributed by atoms with Crippen molar-refractivity contribution in [1.82, 2.24) is 15.0 Å². The van der Waals surface area contributed by atoms with E-state index in [0.717, 1.165) is 5.56 Å². The third kappa shape index (κ3) is 3.43. The van der Waals surface area contributed by atoms with Gasteiger partial charge in [0.15, 0.2) is 5.60 Å². The van der Waals surface area contributed by atoms with Gasteiger partial charge in [0.1, 0.15) is 5.15 Å². The average Bonchev–Trinajstić information content (AvgIpc) is 2.85. The number of rotatable bonds is 4. The van der Waals surface area contributed by atoms with Crippen molar-refractivity contribution in [3.63, 3.8) is 0 Å². The highest BCUT2D eigenvalue weighted by Gasteiger charge is 2.36. The third-order valence-electron chi connectivity index (χ3n) is 5.47. The number of hydrogen-bond donors (Lipinski definition) is 1. The van der Waals surface area contributed by atoms with Crippen molar-refractivity contribution >= 4 is 34.1 Å². The second-order valence-corrected chi connectivity index (χ2v) is 8.09. The number of nitrogens with zero attached hydrogens (tertiary/aromatic N) is 3. The quantitative estimate of drug-likeness (QED) is 0.322. The number of benzene rings is 2. The van der Waals surface area contributed by atoms with Gasteiger partial charge in [0.2, 0.25) is 0 Å². The van der Waals surface area contributed by atoms with Crippen molar-refractivity contribution in [3.8, 4) is 11.1 Å². The van der Waals surface area contributed by atoms with Crippen LogP contribution in [0.25, 0.3) is 22.0 Å². The minimum Gasteiger partial charge on any atom is -0.374 e. The van der Waals surface area contributed by atoms with Crippen LogP contribution in [0.3, 0.4) is 0 Å². The molecule has 3 aromatic heterocycles. The summed E-state index contributed by atoms with van der Waals surface area (Å²) in [6.07, 6.45) is 4.95. The lowest BCUT2D eigenvalue weighted by Crippen LogP contribution is -2.30. The van der Waals surface area contributed by atoms with Crippen molar-refractivity contribution in [3.05, 3.63) is 124 Å². The van der Waals surface area contributed by atoms with E-state index < -0.39 is 5.60 Å². The predicted molar refractivity (Wildman–Crippen MR) is 128 cm³/mol. The van der Waals surface area contributed by atoms with Crippen LogP contribution >= 0.6 is 23.2 Å². The molecule has 4 nitrogen and oxygen atoms in total. The SMILES string of the molecule is OC(c1cccnc1)(c1ccc2nc(Cl)c(-c3ccccc3)c(Cl)c2c1)c1ccccn1. The molecule has 2 aromatic carbocycles. The summed E-state index contributed by atoms with van der Waals surface area (Å²) in [5.74, 6) is 0. The molecule has 0 saturated carbocycles. The number of hydrogen-bond acceptors (Lipinski definition) is 4. The molecule has 0 radical (unpaired) electrons. The van der Waals surface area contributed by atoms with Crippen molar-refractivity contribution in [2.75, 3.05) is 0 Å². The van der Waals surface area contributed by atoms with E-state index in [1.807, 2.05) is 66.7 Å². The molecule has 0 saturated heterocycles. The van der Waals surface area contributed by atoms with Crippen LogP contribution in [0.2, 0.25) is 10.2 Å². The fourth-order valence-electron chi connectivity index (χ4n) is 3.89. The van der Waals surface area contributed by atoms with Crippen LogP contribution in [0.15, 0.2) is 97.5 Å². The molecule has 156 valence electrons. The van der Waals surface area contributed by atoms with Crippen LogP contribution < -0.4 is 0 Å². The van der Waals surface area contributed by atoms with Gasteiger partial charge < -0.3 is 5.11 Å². The van der Waals surface area contributed by atoms with Crippen LogP contribution in [0.5, 0.6) is 0 Å². The Labute approximate surface area is 195 Å². The van der Waals surface area contributed by atoms with Crippen LogP contribution in [-0.4, -0.2) is 20.1 Å². The molecule has 0 bridgehead atoms. The smallest absolute Gasteiger partial charge is 0.158 e. The van der Waals surface area contributed by atoms with Crippen LogP contribution in [0.4, 0.5) is 0 Å². The van der Waals surface area contributed by atoms with E-state index >= 15 is 0 Å². The maximum atomic E-state index is 12.0. The number of fused-ring (bicyclic) bond motifs is 1. The molecule has 0 spiro atoms. The zero-order valence-corrected chi connectivity index (χ0v) is 18.3. The number of aliphatic hydroxyl groups is 1. The van der Waals surface area contributed by atoms with E-state index in [4.69, 9.17) is 23.2 Å². The number of halogens is 2. The molecular weight excluding hydrogens is 441 g/mol. The summed E-state index contributed by atoms with van der Waals surface area (Å²) in [7, 11) is 0. The Morgan fingerprint density at radius 2 is 1.59 bits per heavy atom. The summed E-state index contributed by atoms with van der Waals surface area (Å²) in [5, 5.41) is 13.5. The van der Waals surface area contributed by atoms with Crippen LogP contribution in [0, 0.1) is 0 Å². The van der Waals surface area contributed by atoms with E-state index in [0.29, 0.717) is 43.5 Å². The Hall–Kier alpha value is -3.31. The topological polar surface area (TPSA) is 58.9 Å². The normalized spacial score (nSPS) is 13.1. The second-order valence-electron chi connectivity index (χ2n) is 7.36. The maximum Gasteiger partial charge on any atom is 0.158 e. The fourth-order valence-corrected chi connectivity index (χ4v) is 4.58. The van der Waals surface area contributed by atoms with Crippen molar-refractivity contribution in [2.24, 2.45) is 0 Å². The molecular formula is C26H17Cl2N3O. The first kappa shape index (κ1) is 20.6. The van der Waals surface area contributed by atoms with Gasteiger partial charge in [-0.2, -0.15) is 0 Å². The Bertz CT molecular complexity index is 1360. The van der Waals surface area contributed by atoms with Gasteiger partial charge >= 0.3 is 0 Å². The lowest BCUT2D eigenvalue weighted by Gasteiger charge is -2.29. The highest BCUT2D eigenvalue weighted by molar-refractivity contribution is 6.42. The molecule has 0 fully saturated rings. The molecule has 0 aliphatic heterocycles. The lowest BCUT2D eigenvalue weighted by atomic mass is 9.83. The maximum absolute atomic E-state index is 12.0. The number of aromatic nitrogens is 3. The van der Waals surface area contributed by atoms with Gasteiger partial charge in [-0.1, -0.05) is 71.7 Å². The first-order valence-electron chi connectivity index (χ1n) is 9.98. The van der Waals surface area contributed by atoms with E-state index in [1.165, 1.54) is 0 Å². The number of pyridine rings is 3. The summed E-state index contributed by atoms with van der Waals surface area (Å²) in [4.78, 5) is 13.2. The summed E-state index contributed by atoms with van der Waals surface area (Å²) >= 11 is 13.4. The zero-order valence-electron chi connectivity index (χ0n) is 16.8.